The Labute approximate surface area is 199 Å². The van der Waals surface area contributed by atoms with Gasteiger partial charge in [0.1, 0.15) is 18.2 Å². The smallest absolute Gasteiger partial charge is 0.303 e. The van der Waals surface area contributed by atoms with Crippen LogP contribution in [0.4, 0.5) is 5.82 Å². The largest absolute Gasteiger partial charge is 0.492 e. The molecule has 1 N–H and O–H groups in total. The van der Waals surface area contributed by atoms with Crippen molar-refractivity contribution in [2.24, 2.45) is 0 Å². The molecule has 4 rings (SSSR count). The van der Waals surface area contributed by atoms with E-state index in [2.05, 4.69) is 9.88 Å². The third kappa shape index (κ3) is 6.22. The van der Waals surface area contributed by atoms with Crippen LogP contribution < -0.4 is 9.64 Å². The summed E-state index contributed by atoms with van der Waals surface area (Å²) in [5, 5.41) is 13.9. The summed E-state index contributed by atoms with van der Waals surface area (Å²) in [5.74, 6) is 0.914. The van der Waals surface area contributed by atoms with Gasteiger partial charge in [-0.15, -0.1) is 0 Å². The van der Waals surface area contributed by atoms with Crippen LogP contribution in [0.5, 0.6) is 5.75 Å². The lowest BCUT2D eigenvalue weighted by molar-refractivity contribution is -0.136. The average molecular weight is 457 g/mol. The molecule has 0 radical (unpaired) electrons. The second kappa shape index (κ2) is 11.1. The van der Waals surface area contributed by atoms with Crippen LogP contribution in [0.1, 0.15) is 17.5 Å². The van der Waals surface area contributed by atoms with E-state index < -0.39 is 5.97 Å². The van der Waals surface area contributed by atoms with E-state index >= 15 is 0 Å². The third-order valence-electron chi connectivity index (χ3n) is 5.50. The van der Waals surface area contributed by atoms with E-state index in [1.54, 1.807) is 6.20 Å². The number of aromatic nitrogens is 3. The summed E-state index contributed by atoms with van der Waals surface area (Å²) < 4.78 is 7.76. The van der Waals surface area contributed by atoms with Gasteiger partial charge in [0, 0.05) is 31.4 Å². The fourth-order valence-electron chi connectivity index (χ4n) is 3.68. The average Bonchev–Trinajstić information content (AvgIpc) is 3.27. The van der Waals surface area contributed by atoms with Crippen molar-refractivity contribution in [1.82, 2.24) is 14.8 Å². The lowest BCUT2D eigenvalue weighted by Crippen LogP contribution is -2.24. The summed E-state index contributed by atoms with van der Waals surface area (Å²) >= 11 is 0. The van der Waals surface area contributed by atoms with Crippen molar-refractivity contribution in [1.29, 1.82) is 0 Å². The van der Waals surface area contributed by atoms with Gasteiger partial charge in [-0.1, -0.05) is 48.5 Å². The highest BCUT2D eigenvalue weighted by Crippen LogP contribution is 2.24. The highest BCUT2D eigenvalue weighted by molar-refractivity contribution is 5.68. The first-order valence-electron chi connectivity index (χ1n) is 11.3. The second-order valence-corrected chi connectivity index (χ2v) is 8.06. The molecule has 7 nitrogen and oxygen atoms in total. The molecule has 4 aromatic rings. The molecule has 2 heterocycles. The normalized spacial score (nSPS) is 10.7. The molecule has 0 atom stereocenters. The Bertz CT molecular complexity index is 1190. The van der Waals surface area contributed by atoms with Gasteiger partial charge in [-0.2, -0.15) is 5.10 Å². The molecule has 0 saturated carbocycles. The minimum absolute atomic E-state index is 0.0765. The van der Waals surface area contributed by atoms with E-state index in [0.717, 1.165) is 40.5 Å². The number of aryl methyl sites for hydroxylation is 1. The van der Waals surface area contributed by atoms with Crippen LogP contribution in [0.15, 0.2) is 85.2 Å². The Morgan fingerprint density at radius 2 is 1.79 bits per heavy atom. The predicted molar refractivity (Wildman–Crippen MR) is 132 cm³/mol. The van der Waals surface area contributed by atoms with Crippen LogP contribution in [-0.2, 0) is 17.8 Å². The minimum Gasteiger partial charge on any atom is -0.492 e. The summed E-state index contributed by atoms with van der Waals surface area (Å²) in [6, 6.07) is 23.7. The van der Waals surface area contributed by atoms with Gasteiger partial charge in [0.25, 0.3) is 0 Å². The molecule has 0 bridgehead atoms. The van der Waals surface area contributed by atoms with Crippen LogP contribution in [0.2, 0.25) is 0 Å². The molecule has 0 unspecified atom stereocenters. The number of benzene rings is 2. The molecule has 0 aliphatic heterocycles. The number of carboxylic acids is 1. The lowest BCUT2D eigenvalue weighted by atomic mass is 10.0. The number of aliphatic carboxylic acids is 1. The highest BCUT2D eigenvalue weighted by Gasteiger charge is 2.13. The maximum absolute atomic E-state index is 11.1. The number of hydrogen-bond acceptors (Lipinski definition) is 5. The molecular formula is C27H28N4O3. The maximum Gasteiger partial charge on any atom is 0.303 e. The van der Waals surface area contributed by atoms with E-state index in [0.29, 0.717) is 19.6 Å². The van der Waals surface area contributed by atoms with Crippen molar-refractivity contribution < 1.29 is 14.6 Å². The summed E-state index contributed by atoms with van der Waals surface area (Å²) in [4.78, 5) is 17.5. The number of nitrogens with zero attached hydrogens (tertiary/aromatic N) is 4. The fourth-order valence-corrected chi connectivity index (χ4v) is 3.68. The molecular weight excluding hydrogens is 428 g/mol. The Hall–Kier alpha value is -4.13. The van der Waals surface area contributed by atoms with Crippen molar-refractivity contribution in [3.8, 4) is 17.0 Å². The topological polar surface area (TPSA) is 80.5 Å². The number of pyridine rings is 1. The zero-order chi connectivity index (χ0) is 23.8. The Morgan fingerprint density at radius 1 is 1.03 bits per heavy atom. The zero-order valence-electron chi connectivity index (χ0n) is 19.2. The van der Waals surface area contributed by atoms with E-state index in [-0.39, 0.29) is 6.42 Å². The van der Waals surface area contributed by atoms with Gasteiger partial charge in [-0.3, -0.25) is 9.48 Å². The van der Waals surface area contributed by atoms with Crippen LogP contribution in [0, 0.1) is 0 Å². The Kier molecular flexibility index (Phi) is 7.55. The van der Waals surface area contributed by atoms with E-state index in [1.807, 2.05) is 90.7 Å². The predicted octanol–water partition coefficient (Wildman–Crippen LogP) is 4.53. The number of rotatable bonds is 11. The quantitative estimate of drug-likeness (QED) is 0.357. The van der Waals surface area contributed by atoms with Crippen molar-refractivity contribution in [3.63, 3.8) is 0 Å². The van der Waals surface area contributed by atoms with Gasteiger partial charge in [-0.25, -0.2) is 4.98 Å². The second-order valence-electron chi connectivity index (χ2n) is 8.06. The van der Waals surface area contributed by atoms with Crippen LogP contribution in [0.3, 0.4) is 0 Å². The monoisotopic (exact) mass is 456 g/mol. The van der Waals surface area contributed by atoms with Gasteiger partial charge in [0.05, 0.1) is 18.8 Å². The van der Waals surface area contributed by atoms with Gasteiger partial charge >= 0.3 is 5.97 Å². The third-order valence-corrected chi connectivity index (χ3v) is 5.50. The first kappa shape index (κ1) is 23.0. The maximum atomic E-state index is 11.1. The Balaban J connectivity index is 1.37. The standard InChI is InChI=1S/C27H28N4O3/c1-30(25-9-5-6-16-28-25)17-18-34-24-13-10-21(11-14-24)19-31-20-23(12-15-26(32)33)27(29-31)22-7-3-2-4-8-22/h2-11,13-14,16,20H,12,15,17-19H2,1H3,(H,32,33). The number of ether oxygens (including phenoxy) is 1. The van der Waals surface area contributed by atoms with Gasteiger partial charge in [0.2, 0.25) is 0 Å². The summed E-state index contributed by atoms with van der Waals surface area (Å²) in [6.45, 7) is 1.88. The van der Waals surface area contributed by atoms with E-state index in [4.69, 9.17) is 14.9 Å². The van der Waals surface area contributed by atoms with Crippen molar-refractivity contribution >= 4 is 11.8 Å². The van der Waals surface area contributed by atoms with E-state index in [1.165, 1.54) is 0 Å². The van der Waals surface area contributed by atoms with Crippen molar-refractivity contribution in [3.05, 3.63) is 96.3 Å². The van der Waals surface area contributed by atoms with Crippen LogP contribution in [-0.4, -0.2) is 46.0 Å². The van der Waals surface area contributed by atoms with Gasteiger partial charge in [0.15, 0.2) is 0 Å². The molecule has 0 saturated heterocycles. The molecule has 174 valence electrons. The molecule has 2 aromatic carbocycles. The molecule has 2 aromatic heterocycles. The highest BCUT2D eigenvalue weighted by atomic mass is 16.5. The molecule has 0 amide bonds. The van der Waals surface area contributed by atoms with Crippen LogP contribution >= 0.6 is 0 Å². The minimum atomic E-state index is -0.812. The molecule has 0 aliphatic carbocycles. The van der Waals surface area contributed by atoms with Crippen LogP contribution in [0.25, 0.3) is 11.3 Å². The lowest BCUT2D eigenvalue weighted by Gasteiger charge is -2.18. The summed E-state index contributed by atoms with van der Waals surface area (Å²) in [5.41, 5.74) is 3.84. The van der Waals surface area contributed by atoms with E-state index in [9.17, 15) is 4.79 Å². The fraction of sp³-hybridized carbons (Fsp3) is 0.222. The van der Waals surface area contributed by atoms with Gasteiger partial charge < -0.3 is 14.7 Å². The molecule has 0 fully saturated rings. The summed E-state index contributed by atoms with van der Waals surface area (Å²) in [7, 11) is 1.99. The van der Waals surface area contributed by atoms with Crippen molar-refractivity contribution in [2.45, 2.75) is 19.4 Å². The van der Waals surface area contributed by atoms with Gasteiger partial charge in [-0.05, 0) is 41.8 Å². The molecule has 34 heavy (non-hydrogen) atoms. The summed E-state index contributed by atoms with van der Waals surface area (Å²) in [6.07, 6.45) is 4.25. The molecule has 0 spiro atoms. The first-order valence-corrected chi connectivity index (χ1v) is 11.3. The molecule has 7 heteroatoms. The number of anilines is 1. The molecule has 0 aliphatic rings. The number of hydrogen-bond donors (Lipinski definition) is 1. The Morgan fingerprint density at radius 3 is 2.50 bits per heavy atom. The van der Waals surface area contributed by atoms with Crippen molar-refractivity contribution in [2.75, 3.05) is 25.1 Å². The SMILES string of the molecule is CN(CCOc1ccc(Cn2cc(CCC(=O)O)c(-c3ccccc3)n2)cc1)c1ccccn1. The number of likely N-dealkylation sites (N-methyl/N-ethyl adjacent to an activating group) is 1. The first-order chi connectivity index (χ1) is 16.6. The zero-order valence-corrected chi connectivity index (χ0v) is 19.2. The number of carbonyl (C=O) groups is 1. The number of carboxylic acid groups (broad SMARTS) is 1.